The van der Waals surface area contributed by atoms with Gasteiger partial charge in [-0.1, -0.05) is 339 Å². The summed E-state index contributed by atoms with van der Waals surface area (Å²) in [7, 11) is -3.02. The normalized spacial score (nSPS) is 13.3. The van der Waals surface area contributed by atoms with Gasteiger partial charge in [-0.05, 0) is 110 Å². The zero-order valence-electron chi connectivity index (χ0n) is 74.9. The molecule has 9 rings (SSSR count). The van der Waals surface area contributed by atoms with Crippen LogP contribution in [0.2, 0.25) is 30.1 Å². The molecule has 4 aromatic heterocycles. The van der Waals surface area contributed by atoms with Gasteiger partial charge in [0.25, 0.3) is 11.8 Å². The number of aromatic hydroxyl groups is 1. The number of fused-ring (bicyclic) bond motifs is 2. The molecule has 0 saturated carbocycles. The van der Waals surface area contributed by atoms with Crippen molar-refractivity contribution in [2.45, 2.75) is 349 Å². The van der Waals surface area contributed by atoms with Crippen LogP contribution < -0.4 is 25.7 Å². The molecule has 3 amide bonds. The predicted molar refractivity (Wildman–Crippen MR) is 509 cm³/mol. The molecule has 4 aromatic carbocycles. The third-order valence-electron chi connectivity index (χ3n) is 21.7. The maximum atomic E-state index is 13.8. The average Bonchev–Trinajstić information content (AvgIpc) is 1.62. The van der Waals surface area contributed by atoms with E-state index in [1.165, 1.54) is 172 Å². The molecular formula is C94H137Cl6N13O9S. The number of aromatic amines is 2. The van der Waals surface area contributed by atoms with E-state index in [0.29, 0.717) is 91.6 Å². The summed E-state index contributed by atoms with van der Waals surface area (Å²) in [6, 6.07) is 19.4. The summed E-state index contributed by atoms with van der Waals surface area (Å²) in [6.45, 7) is 25.6. The minimum atomic E-state index is -3.02. The summed E-state index contributed by atoms with van der Waals surface area (Å²) in [5, 5.41) is 46.3. The maximum absolute atomic E-state index is 13.8. The number of carbonyl (C=O) groups is 4. The van der Waals surface area contributed by atoms with Crippen molar-refractivity contribution in [3.8, 4) is 22.9 Å². The molecule has 29 heteroatoms. The van der Waals surface area contributed by atoms with Crippen LogP contribution in [0, 0.1) is 0 Å². The molecule has 1 aliphatic heterocycles. The van der Waals surface area contributed by atoms with E-state index in [1.54, 1.807) is 57.7 Å². The van der Waals surface area contributed by atoms with Gasteiger partial charge < -0.3 is 30.5 Å². The van der Waals surface area contributed by atoms with Gasteiger partial charge in [-0.25, -0.2) is 17.9 Å². The Balaban J connectivity index is 0.000000262. The monoisotopic (exact) mass is 1830 g/mol. The number of carbonyl (C=O) groups excluding carboxylic acids is 4. The topological polar surface area (TPSA) is 285 Å². The van der Waals surface area contributed by atoms with E-state index >= 15 is 0 Å². The SMILES string of the molecule is CCCCCCCCCCCCC(Oc1ccc(O)c(C(C)(C)C)c1)C(=O)Nc1ccc(Cl)c(NC2C=NN(c3c(Cl)cc(Cl)cc3Cl)C2=O)c1.CCCCCCCCCCCCCCOC(=O)CCC(=O)Nc1ccc(-c2nc3c(Cl)c(C(C)(C)C)[nH]n3n2)cc1.CCCCCCCCCCCCS(=O)(=O)CCCc1nnc2c(Cl)c(C(C)(C)C)[nH]n12. The summed E-state index contributed by atoms with van der Waals surface area (Å²) in [4.78, 5) is 56.0. The molecule has 5 heterocycles. The third-order valence-corrected chi connectivity index (χ3v) is 25.4. The molecule has 0 saturated heterocycles. The van der Waals surface area contributed by atoms with Gasteiger partial charge in [0.15, 0.2) is 29.0 Å². The maximum Gasteiger partial charge on any atom is 0.306 e. The summed E-state index contributed by atoms with van der Waals surface area (Å²) in [5.41, 5.74) is 5.65. The van der Waals surface area contributed by atoms with Gasteiger partial charge in [-0.2, -0.15) is 14.7 Å². The van der Waals surface area contributed by atoms with Crippen molar-refractivity contribution in [2.24, 2.45) is 5.10 Å². The van der Waals surface area contributed by atoms with Crippen LogP contribution in [0.5, 0.6) is 11.5 Å². The number of nitrogens with one attached hydrogen (secondary N) is 5. The van der Waals surface area contributed by atoms with Crippen molar-refractivity contribution < 1.29 is 42.2 Å². The Morgan fingerprint density at radius 1 is 0.553 bits per heavy atom. The summed E-state index contributed by atoms with van der Waals surface area (Å²) >= 11 is 38.2. The highest BCUT2D eigenvalue weighted by Crippen LogP contribution is 2.41. The Morgan fingerprint density at radius 3 is 1.61 bits per heavy atom. The molecule has 2 unspecified atom stereocenters. The first-order chi connectivity index (χ1) is 58.6. The molecule has 0 radical (unpaired) electrons. The van der Waals surface area contributed by atoms with E-state index in [0.717, 1.165) is 84.7 Å². The number of benzene rings is 4. The number of H-pyrrole nitrogens is 2. The number of unbranched alkanes of at least 4 members (excludes halogenated alkanes) is 29. The van der Waals surface area contributed by atoms with Gasteiger partial charge in [-0.15, -0.1) is 15.3 Å². The molecule has 2 atom stereocenters. The van der Waals surface area contributed by atoms with Gasteiger partial charge in [0, 0.05) is 51.2 Å². The van der Waals surface area contributed by atoms with Gasteiger partial charge in [0.1, 0.15) is 43.1 Å². The van der Waals surface area contributed by atoms with Crippen molar-refractivity contribution in [2.75, 3.05) is 39.1 Å². The van der Waals surface area contributed by atoms with Crippen molar-refractivity contribution >= 4 is 143 Å². The highest BCUT2D eigenvalue weighted by atomic mass is 35.5. The number of amides is 3. The quantitative estimate of drug-likeness (QED) is 0.0153. The molecule has 680 valence electrons. The molecule has 8 aromatic rings. The number of hydrazone groups is 1. The van der Waals surface area contributed by atoms with Crippen LogP contribution in [0.15, 0.2) is 77.9 Å². The molecule has 0 spiro atoms. The lowest BCUT2D eigenvalue weighted by Gasteiger charge is -2.23. The number of aromatic nitrogens is 8. The Labute approximate surface area is 761 Å². The number of hydrogen-bond acceptors (Lipinski definition) is 15. The molecule has 0 fully saturated rings. The van der Waals surface area contributed by atoms with Gasteiger partial charge >= 0.3 is 5.97 Å². The van der Waals surface area contributed by atoms with Gasteiger partial charge in [0.05, 0.1) is 62.9 Å². The lowest BCUT2D eigenvalue weighted by atomic mass is 9.86. The highest BCUT2D eigenvalue weighted by molar-refractivity contribution is 7.91. The van der Waals surface area contributed by atoms with E-state index < -0.39 is 27.9 Å². The van der Waals surface area contributed by atoms with Crippen LogP contribution in [0.25, 0.3) is 22.7 Å². The second-order valence-corrected chi connectivity index (χ2v) is 40.4. The zero-order chi connectivity index (χ0) is 89.7. The first-order valence-corrected chi connectivity index (χ1v) is 49.1. The number of phenolic OH excluding ortho intramolecular Hbond substituents is 1. The van der Waals surface area contributed by atoms with Crippen LogP contribution in [-0.2, 0) is 56.4 Å². The number of aryl methyl sites for hydroxylation is 1. The van der Waals surface area contributed by atoms with Crippen molar-refractivity contribution in [3.05, 3.63) is 126 Å². The minimum Gasteiger partial charge on any atom is -0.508 e. The van der Waals surface area contributed by atoms with E-state index in [1.807, 2.05) is 32.9 Å². The fraction of sp³-hybridized carbons (Fsp3) is 0.606. The van der Waals surface area contributed by atoms with Crippen molar-refractivity contribution in [3.63, 3.8) is 0 Å². The lowest BCUT2D eigenvalue weighted by molar-refractivity contribution is -0.144. The predicted octanol–water partition coefficient (Wildman–Crippen LogP) is 26.7. The number of phenols is 1. The van der Waals surface area contributed by atoms with E-state index in [2.05, 4.69) is 114 Å². The van der Waals surface area contributed by atoms with Crippen LogP contribution in [0.4, 0.5) is 22.7 Å². The number of ether oxygens (including phenoxy) is 2. The number of rotatable bonds is 51. The fourth-order valence-corrected chi connectivity index (χ4v) is 18.0. The number of anilines is 4. The van der Waals surface area contributed by atoms with Crippen LogP contribution >= 0.6 is 69.6 Å². The molecule has 0 aliphatic carbocycles. The number of nitrogens with zero attached hydrogens (tertiary/aromatic N) is 8. The standard InChI is InChI=1S/C39H48Cl4N4O4.C32H48ClN5O3.C23H41ClN4O2S/c1-5-6-7-8-9-10-11-12-13-14-15-35(51-27-17-19-34(48)28(23-27)39(2,3)4)37(49)45-26-16-18-29(41)32(22-26)46-33-24-44-47(38(33)50)36-30(42)20-25(40)21-31(36)43;1-5-6-7-8-9-10-11-12-13-14-15-16-23-41-27(40)22-21-26(39)34-25-19-17-24(18-20-25)30-35-31-28(33)29(32(2,3)4)36-38(31)37-30;1-5-6-7-8-9-10-11-12-13-14-17-31(29,30)18-15-16-19-25-26-22-20(24)21(23(2,3)4)27-28(19)22/h16-24,33,35,46,48H,5-15H2,1-4H3,(H,45,49);17-20,36H,5-16,21-23H2,1-4H3,(H,34,39);27H,5-18H2,1-4H3. The molecule has 1 aliphatic rings. The number of halogens is 6. The first kappa shape index (κ1) is 103. The van der Waals surface area contributed by atoms with Crippen LogP contribution in [-0.4, -0.2) is 113 Å². The van der Waals surface area contributed by atoms with Crippen LogP contribution in [0.1, 0.15) is 337 Å². The summed E-state index contributed by atoms with van der Waals surface area (Å²) in [6.07, 6.45) is 41.5. The highest BCUT2D eigenvalue weighted by Gasteiger charge is 2.34. The van der Waals surface area contributed by atoms with Crippen molar-refractivity contribution in [1.29, 1.82) is 0 Å². The number of hydrogen-bond donors (Lipinski definition) is 6. The summed E-state index contributed by atoms with van der Waals surface area (Å²) < 4.78 is 39.8. The second kappa shape index (κ2) is 52.2. The van der Waals surface area contributed by atoms with E-state index in [9.17, 15) is 32.7 Å². The fourth-order valence-electron chi connectivity index (χ4n) is 14.5. The smallest absolute Gasteiger partial charge is 0.306 e. The molecular weight excluding hydrogens is 1700 g/mol. The van der Waals surface area contributed by atoms with Crippen LogP contribution in [0.3, 0.4) is 0 Å². The molecule has 22 nitrogen and oxygen atoms in total. The Kier molecular flexibility index (Phi) is 43.7. The van der Waals surface area contributed by atoms with Gasteiger partial charge in [-0.3, -0.25) is 29.4 Å². The largest absolute Gasteiger partial charge is 0.508 e. The lowest BCUT2D eigenvalue weighted by Crippen LogP contribution is -2.35. The van der Waals surface area contributed by atoms with Crippen molar-refractivity contribution in [1.82, 2.24) is 39.6 Å². The number of sulfone groups is 1. The molecule has 123 heavy (non-hydrogen) atoms. The minimum absolute atomic E-state index is 0.0735. The Morgan fingerprint density at radius 2 is 1.07 bits per heavy atom. The molecule has 6 N–H and O–H groups in total. The Hall–Kier alpha value is -7.12. The molecule has 0 bridgehead atoms. The van der Waals surface area contributed by atoms with Gasteiger partial charge in [0.2, 0.25) is 5.91 Å². The zero-order valence-corrected chi connectivity index (χ0v) is 80.3. The number of esters is 1. The van der Waals surface area contributed by atoms with E-state index in [-0.39, 0.29) is 74.1 Å². The van der Waals surface area contributed by atoms with E-state index in [4.69, 9.17) is 79.1 Å². The third kappa shape index (κ3) is 34.9. The summed E-state index contributed by atoms with van der Waals surface area (Å²) in [5.74, 6) is 1.13. The first-order valence-electron chi connectivity index (χ1n) is 45.1. The Bertz CT molecular complexity index is 4710. The second-order valence-electron chi connectivity index (χ2n) is 35.7. The average molecular weight is 1840 g/mol.